The fourth-order valence-electron chi connectivity index (χ4n) is 1.60. The Morgan fingerprint density at radius 2 is 2.29 bits per heavy atom. The van der Waals surface area contributed by atoms with Crippen LogP contribution >= 0.6 is 0 Å². The first-order valence-corrected chi connectivity index (χ1v) is 5.01. The van der Waals surface area contributed by atoms with Crippen LogP contribution in [0.4, 0.5) is 0 Å². The van der Waals surface area contributed by atoms with E-state index in [2.05, 4.69) is 11.2 Å². The van der Waals surface area contributed by atoms with Gasteiger partial charge in [-0.2, -0.15) is 0 Å². The van der Waals surface area contributed by atoms with Crippen LogP contribution in [0.2, 0.25) is 0 Å². The van der Waals surface area contributed by atoms with Gasteiger partial charge in [-0.1, -0.05) is 12.0 Å². The molecule has 1 atom stereocenters. The van der Waals surface area contributed by atoms with E-state index in [0.29, 0.717) is 17.1 Å². The van der Waals surface area contributed by atoms with Crippen LogP contribution in [0.15, 0.2) is 18.2 Å². The van der Waals surface area contributed by atoms with Gasteiger partial charge in [0.05, 0.1) is 6.54 Å². The second-order valence-electron chi connectivity index (χ2n) is 3.47. The lowest BCUT2D eigenvalue weighted by atomic mass is 10.1. The van der Waals surface area contributed by atoms with Crippen molar-refractivity contribution in [2.24, 2.45) is 0 Å². The molecular weight excluding hydrogens is 222 g/mol. The third-order valence-corrected chi connectivity index (χ3v) is 2.39. The summed E-state index contributed by atoms with van der Waals surface area (Å²) in [6, 6.07) is 4.16. The molecule has 0 amide bonds. The SMILES string of the molecule is C#CCNC(C(=O)O)c1ccc2c(c1)OCO2. The lowest BCUT2D eigenvalue weighted by Gasteiger charge is -2.13. The molecule has 0 aliphatic carbocycles. The zero-order valence-electron chi connectivity index (χ0n) is 8.97. The average molecular weight is 233 g/mol. The molecule has 5 nitrogen and oxygen atoms in total. The highest BCUT2D eigenvalue weighted by molar-refractivity contribution is 5.76. The molecule has 0 bridgehead atoms. The van der Waals surface area contributed by atoms with E-state index in [4.69, 9.17) is 21.0 Å². The topological polar surface area (TPSA) is 67.8 Å². The maximum absolute atomic E-state index is 11.1. The largest absolute Gasteiger partial charge is 0.480 e. The van der Waals surface area contributed by atoms with E-state index in [1.54, 1.807) is 18.2 Å². The van der Waals surface area contributed by atoms with Crippen molar-refractivity contribution in [2.45, 2.75) is 6.04 Å². The highest BCUT2D eigenvalue weighted by atomic mass is 16.7. The van der Waals surface area contributed by atoms with Crippen LogP contribution in [-0.4, -0.2) is 24.4 Å². The van der Waals surface area contributed by atoms with Crippen LogP contribution in [0, 0.1) is 12.3 Å². The average Bonchev–Trinajstić information content (AvgIpc) is 2.76. The number of aliphatic carboxylic acids is 1. The molecule has 1 heterocycles. The number of terminal acetylenes is 1. The second-order valence-corrected chi connectivity index (χ2v) is 3.47. The summed E-state index contributed by atoms with van der Waals surface area (Å²) < 4.78 is 10.3. The van der Waals surface area contributed by atoms with Crippen molar-refractivity contribution in [1.29, 1.82) is 0 Å². The number of nitrogens with one attached hydrogen (secondary N) is 1. The summed E-state index contributed by atoms with van der Waals surface area (Å²) in [5.41, 5.74) is 0.581. The van der Waals surface area contributed by atoms with E-state index in [1.807, 2.05) is 0 Å². The third-order valence-electron chi connectivity index (χ3n) is 2.39. The number of benzene rings is 1. The molecular formula is C12H11NO4. The summed E-state index contributed by atoms with van der Waals surface area (Å²) >= 11 is 0. The van der Waals surface area contributed by atoms with Crippen molar-refractivity contribution in [1.82, 2.24) is 5.32 Å². The van der Waals surface area contributed by atoms with Crippen molar-refractivity contribution in [3.8, 4) is 23.8 Å². The minimum Gasteiger partial charge on any atom is -0.480 e. The summed E-state index contributed by atoms with van der Waals surface area (Å²) in [5.74, 6) is 2.53. The lowest BCUT2D eigenvalue weighted by molar-refractivity contribution is -0.139. The monoisotopic (exact) mass is 233 g/mol. The third kappa shape index (κ3) is 2.32. The molecule has 2 N–H and O–H groups in total. The fourth-order valence-corrected chi connectivity index (χ4v) is 1.60. The van der Waals surface area contributed by atoms with E-state index in [1.165, 1.54) is 0 Å². The Balaban J connectivity index is 2.24. The number of rotatable bonds is 4. The molecule has 1 aromatic carbocycles. The number of hydrogen-bond acceptors (Lipinski definition) is 4. The summed E-state index contributed by atoms with van der Waals surface area (Å²) in [6.45, 7) is 0.347. The van der Waals surface area contributed by atoms with Crippen LogP contribution in [0.1, 0.15) is 11.6 Å². The molecule has 0 saturated carbocycles. The Kier molecular flexibility index (Phi) is 3.17. The van der Waals surface area contributed by atoms with Crippen LogP contribution in [0.25, 0.3) is 0 Å². The Morgan fingerprint density at radius 3 is 3.00 bits per heavy atom. The number of ether oxygens (including phenoxy) is 2. The highest BCUT2D eigenvalue weighted by Gasteiger charge is 2.22. The van der Waals surface area contributed by atoms with Crippen LogP contribution in [0.5, 0.6) is 11.5 Å². The predicted octanol–water partition coefficient (Wildman–Crippen LogP) is 0.764. The molecule has 2 rings (SSSR count). The zero-order chi connectivity index (χ0) is 12.3. The molecule has 0 saturated heterocycles. The van der Waals surface area contributed by atoms with Gasteiger partial charge in [0, 0.05) is 0 Å². The molecule has 5 heteroatoms. The first-order valence-electron chi connectivity index (χ1n) is 5.01. The number of hydrogen-bond donors (Lipinski definition) is 2. The summed E-state index contributed by atoms with van der Waals surface area (Å²) in [7, 11) is 0. The van der Waals surface area contributed by atoms with Gasteiger partial charge in [0.25, 0.3) is 0 Å². The second kappa shape index (κ2) is 4.76. The zero-order valence-corrected chi connectivity index (χ0v) is 8.97. The van der Waals surface area contributed by atoms with Gasteiger partial charge >= 0.3 is 5.97 Å². The van der Waals surface area contributed by atoms with E-state index >= 15 is 0 Å². The highest BCUT2D eigenvalue weighted by Crippen LogP contribution is 2.34. The quantitative estimate of drug-likeness (QED) is 0.752. The van der Waals surface area contributed by atoms with Crippen molar-refractivity contribution < 1.29 is 19.4 Å². The Labute approximate surface area is 98.3 Å². The summed E-state index contributed by atoms with van der Waals surface area (Å²) in [6.07, 6.45) is 5.10. The molecule has 1 aliphatic heterocycles. The summed E-state index contributed by atoms with van der Waals surface area (Å²) in [4.78, 5) is 11.1. The maximum atomic E-state index is 11.1. The number of carbonyl (C=O) groups is 1. The van der Waals surface area contributed by atoms with Crippen LogP contribution < -0.4 is 14.8 Å². The molecule has 0 aromatic heterocycles. The molecule has 1 unspecified atom stereocenters. The molecule has 1 aromatic rings. The predicted molar refractivity (Wildman–Crippen MR) is 59.8 cm³/mol. The Hall–Kier alpha value is -2.19. The van der Waals surface area contributed by atoms with E-state index in [0.717, 1.165) is 0 Å². The first-order chi connectivity index (χ1) is 8.22. The van der Waals surface area contributed by atoms with Gasteiger partial charge < -0.3 is 14.6 Å². The van der Waals surface area contributed by atoms with Crippen molar-refractivity contribution in [3.63, 3.8) is 0 Å². The Morgan fingerprint density at radius 1 is 1.53 bits per heavy atom. The minimum absolute atomic E-state index is 0.161. The molecule has 0 fully saturated rings. The van der Waals surface area contributed by atoms with Gasteiger partial charge in [-0.05, 0) is 17.7 Å². The minimum atomic E-state index is -0.987. The Bertz CT molecular complexity index is 478. The van der Waals surface area contributed by atoms with Crippen LogP contribution in [0.3, 0.4) is 0 Å². The lowest BCUT2D eigenvalue weighted by Crippen LogP contribution is -2.28. The van der Waals surface area contributed by atoms with Crippen molar-refractivity contribution in [2.75, 3.05) is 13.3 Å². The van der Waals surface area contributed by atoms with Gasteiger partial charge in [0.15, 0.2) is 11.5 Å². The van der Waals surface area contributed by atoms with Crippen molar-refractivity contribution >= 4 is 5.97 Å². The number of carboxylic acid groups (broad SMARTS) is 1. The molecule has 0 spiro atoms. The molecule has 17 heavy (non-hydrogen) atoms. The van der Waals surface area contributed by atoms with E-state index < -0.39 is 12.0 Å². The van der Waals surface area contributed by atoms with Crippen molar-refractivity contribution in [3.05, 3.63) is 23.8 Å². The normalized spacial score (nSPS) is 14.1. The van der Waals surface area contributed by atoms with Gasteiger partial charge in [0.1, 0.15) is 6.04 Å². The molecule has 0 radical (unpaired) electrons. The maximum Gasteiger partial charge on any atom is 0.325 e. The first kappa shape index (κ1) is 11.3. The van der Waals surface area contributed by atoms with Crippen LogP contribution in [-0.2, 0) is 4.79 Å². The smallest absolute Gasteiger partial charge is 0.325 e. The van der Waals surface area contributed by atoms with Gasteiger partial charge in [-0.25, -0.2) is 0 Å². The number of fused-ring (bicyclic) bond motifs is 1. The van der Waals surface area contributed by atoms with E-state index in [9.17, 15) is 4.79 Å². The van der Waals surface area contributed by atoms with Gasteiger partial charge in [-0.15, -0.1) is 6.42 Å². The van der Waals surface area contributed by atoms with E-state index in [-0.39, 0.29) is 13.3 Å². The molecule has 88 valence electrons. The van der Waals surface area contributed by atoms with Gasteiger partial charge in [0.2, 0.25) is 6.79 Å². The summed E-state index contributed by atoms with van der Waals surface area (Å²) in [5, 5.41) is 11.8. The number of carboxylic acids is 1. The molecule has 1 aliphatic rings. The fraction of sp³-hybridized carbons (Fsp3) is 0.250. The standard InChI is InChI=1S/C12H11NO4/c1-2-5-13-11(12(14)15)8-3-4-9-10(6-8)17-7-16-9/h1,3-4,6,11,13H,5,7H2,(H,14,15). The van der Waals surface area contributed by atoms with Gasteiger partial charge in [-0.3, -0.25) is 10.1 Å².